The van der Waals surface area contributed by atoms with Crippen molar-refractivity contribution in [2.45, 2.75) is 19.8 Å². The predicted molar refractivity (Wildman–Crippen MR) is 87.9 cm³/mol. The van der Waals surface area contributed by atoms with Gasteiger partial charge in [-0.2, -0.15) is 0 Å². The van der Waals surface area contributed by atoms with Crippen molar-refractivity contribution in [1.29, 1.82) is 0 Å². The zero-order valence-electron chi connectivity index (χ0n) is 13.3. The fourth-order valence-corrected chi connectivity index (χ4v) is 1.92. The van der Waals surface area contributed by atoms with Gasteiger partial charge in [0.25, 0.3) is 5.91 Å². The van der Waals surface area contributed by atoms with Crippen LogP contribution in [0.15, 0.2) is 48.5 Å². The first-order chi connectivity index (χ1) is 11.5. The number of hydrogen-bond donors (Lipinski definition) is 2. The fourth-order valence-electron chi connectivity index (χ4n) is 1.92. The molecule has 2 aromatic carbocycles. The van der Waals surface area contributed by atoms with E-state index < -0.39 is 11.7 Å². The van der Waals surface area contributed by atoms with Gasteiger partial charge in [-0.3, -0.25) is 20.4 Å². The summed E-state index contributed by atoms with van der Waals surface area (Å²) < 4.78 is 18.3. The molecule has 2 aromatic rings. The Kier molecular flexibility index (Phi) is 6.31. The standard InChI is InChI=1S/C18H19FN2O3/c1-13-4-10-16(11-5-13)24-12-2-3-17(22)20-21-18(23)14-6-8-15(19)9-7-14/h4-11H,2-3,12H2,1H3,(H,20,22)(H,21,23). The second kappa shape index (κ2) is 8.67. The molecule has 0 saturated carbocycles. The third-order valence-corrected chi connectivity index (χ3v) is 3.26. The molecule has 126 valence electrons. The van der Waals surface area contributed by atoms with Crippen LogP contribution in [-0.4, -0.2) is 18.4 Å². The van der Waals surface area contributed by atoms with Gasteiger partial charge in [-0.05, 0) is 49.7 Å². The van der Waals surface area contributed by atoms with Gasteiger partial charge in [0, 0.05) is 12.0 Å². The lowest BCUT2D eigenvalue weighted by atomic mass is 10.2. The monoisotopic (exact) mass is 330 g/mol. The molecule has 6 heteroatoms. The molecule has 0 radical (unpaired) electrons. The molecule has 0 fully saturated rings. The van der Waals surface area contributed by atoms with E-state index in [0.29, 0.717) is 13.0 Å². The first-order valence-electron chi connectivity index (χ1n) is 7.59. The Balaban J connectivity index is 1.63. The summed E-state index contributed by atoms with van der Waals surface area (Å²) in [7, 11) is 0. The lowest BCUT2D eigenvalue weighted by molar-refractivity contribution is -0.122. The number of carbonyl (C=O) groups excluding carboxylic acids is 2. The summed E-state index contributed by atoms with van der Waals surface area (Å²) in [5.41, 5.74) is 6.01. The highest BCUT2D eigenvalue weighted by Gasteiger charge is 2.07. The molecule has 2 rings (SSSR count). The Bertz CT molecular complexity index is 684. The van der Waals surface area contributed by atoms with Crippen molar-refractivity contribution in [3.63, 3.8) is 0 Å². The lowest BCUT2D eigenvalue weighted by Gasteiger charge is -2.08. The number of rotatable bonds is 6. The van der Waals surface area contributed by atoms with Crippen molar-refractivity contribution in [2.24, 2.45) is 0 Å². The first-order valence-corrected chi connectivity index (χ1v) is 7.59. The van der Waals surface area contributed by atoms with E-state index in [-0.39, 0.29) is 17.9 Å². The number of aryl methyl sites for hydroxylation is 1. The van der Waals surface area contributed by atoms with Gasteiger partial charge >= 0.3 is 0 Å². The van der Waals surface area contributed by atoms with Crippen LogP contribution in [0.3, 0.4) is 0 Å². The summed E-state index contributed by atoms with van der Waals surface area (Å²) in [6.07, 6.45) is 0.738. The fraction of sp³-hybridized carbons (Fsp3) is 0.222. The van der Waals surface area contributed by atoms with Gasteiger partial charge in [-0.15, -0.1) is 0 Å². The zero-order chi connectivity index (χ0) is 17.4. The molecule has 0 saturated heterocycles. The highest BCUT2D eigenvalue weighted by Crippen LogP contribution is 2.11. The second-order valence-corrected chi connectivity index (χ2v) is 5.27. The molecule has 0 aliphatic rings. The molecular weight excluding hydrogens is 311 g/mol. The van der Waals surface area contributed by atoms with Crippen LogP contribution in [-0.2, 0) is 4.79 Å². The summed E-state index contributed by atoms with van der Waals surface area (Å²) in [6, 6.07) is 12.7. The topological polar surface area (TPSA) is 67.4 Å². The van der Waals surface area contributed by atoms with E-state index in [2.05, 4.69) is 10.9 Å². The average molecular weight is 330 g/mol. The molecule has 0 spiro atoms. The highest BCUT2D eigenvalue weighted by atomic mass is 19.1. The van der Waals surface area contributed by atoms with Crippen molar-refractivity contribution >= 4 is 11.8 Å². The third kappa shape index (κ3) is 5.72. The Morgan fingerprint density at radius 3 is 2.33 bits per heavy atom. The minimum atomic E-state index is -0.501. The Labute approximate surface area is 139 Å². The second-order valence-electron chi connectivity index (χ2n) is 5.27. The molecule has 24 heavy (non-hydrogen) atoms. The minimum Gasteiger partial charge on any atom is -0.494 e. The lowest BCUT2D eigenvalue weighted by Crippen LogP contribution is -2.41. The zero-order valence-corrected chi connectivity index (χ0v) is 13.3. The summed E-state index contributed by atoms with van der Waals surface area (Å²) in [6.45, 7) is 2.40. The summed E-state index contributed by atoms with van der Waals surface area (Å²) in [5, 5.41) is 0. The van der Waals surface area contributed by atoms with E-state index in [1.807, 2.05) is 31.2 Å². The van der Waals surface area contributed by atoms with Crippen molar-refractivity contribution in [3.05, 3.63) is 65.5 Å². The van der Waals surface area contributed by atoms with Crippen LogP contribution in [0, 0.1) is 12.7 Å². The summed E-state index contributed by atoms with van der Waals surface area (Å²) in [4.78, 5) is 23.4. The van der Waals surface area contributed by atoms with Crippen molar-refractivity contribution in [3.8, 4) is 5.75 Å². The van der Waals surface area contributed by atoms with E-state index >= 15 is 0 Å². The van der Waals surface area contributed by atoms with Gasteiger partial charge in [-0.1, -0.05) is 17.7 Å². The molecule has 0 unspecified atom stereocenters. The minimum absolute atomic E-state index is 0.218. The molecule has 0 atom stereocenters. The van der Waals surface area contributed by atoms with Crippen molar-refractivity contribution in [2.75, 3.05) is 6.61 Å². The summed E-state index contributed by atoms with van der Waals surface area (Å²) in [5.74, 6) is -0.494. The molecule has 0 heterocycles. The van der Waals surface area contributed by atoms with Crippen LogP contribution >= 0.6 is 0 Å². The third-order valence-electron chi connectivity index (χ3n) is 3.26. The van der Waals surface area contributed by atoms with Crippen LogP contribution in [0.4, 0.5) is 4.39 Å². The Hall–Kier alpha value is -2.89. The number of amides is 2. The highest BCUT2D eigenvalue weighted by molar-refractivity contribution is 5.95. The molecule has 0 aliphatic carbocycles. The maximum atomic E-state index is 12.8. The SMILES string of the molecule is Cc1ccc(OCCCC(=O)NNC(=O)c2ccc(F)cc2)cc1. The molecule has 0 bridgehead atoms. The molecule has 2 N–H and O–H groups in total. The van der Waals surface area contributed by atoms with Gasteiger partial charge in [0.05, 0.1) is 6.61 Å². The molecule has 0 aliphatic heterocycles. The normalized spacial score (nSPS) is 10.1. The number of hydrogen-bond acceptors (Lipinski definition) is 3. The Morgan fingerprint density at radius 1 is 1.00 bits per heavy atom. The van der Waals surface area contributed by atoms with Crippen molar-refractivity contribution in [1.82, 2.24) is 10.9 Å². The van der Waals surface area contributed by atoms with Gasteiger partial charge in [0.2, 0.25) is 5.91 Å². The maximum absolute atomic E-state index is 12.8. The van der Waals surface area contributed by atoms with Crippen LogP contribution in [0.25, 0.3) is 0 Å². The van der Waals surface area contributed by atoms with Crippen molar-refractivity contribution < 1.29 is 18.7 Å². The molecule has 0 aromatic heterocycles. The smallest absolute Gasteiger partial charge is 0.269 e. The van der Waals surface area contributed by atoms with E-state index in [1.54, 1.807) is 0 Å². The van der Waals surface area contributed by atoms with Gasteiger partial charge in [0.15, 0.2) is 0 Å². The molecule has 2 amide bonds. The van der Waals surface area contributed by atoms with Gasteiger partial charge in [0.1, 0.15) is 11.6 Å². The average Bonchev–Trinajstić information content (AvgIpc) is 2.59. The van der Waals surface area contributed by atoms with E-state index in [4.69, 9.17) is 4.74 Å². The van der Waals surface area contributed by atoms with Crippen LogP contribution in [0.2, 0.25) is 0 Å². The van der Waals surface area contributed by atoms with E-state index in [1.165, 1.54) is 24.3 Å². The maximum Gasteiger partial charge on any atom is 0.269 e. The van der Waals surface area contributed by atoms with Gasteiger partial charge in [-0.25, -0.2) is 4.39 Å². The molecular formula is C18H19FN2O3. The van der Waals surface area contributed by atoms with Crippen LogP contribution < -0.4 is 15.6 Å². The predicted octanol–water partition coefficient (Wildman–Crippen LogP) is 2.75. The number of halogens is 1. The van der Waals surface area contributed by atoms with Gasteiger partial charge < -0.3 is 4.74 Å². The molecule has 5 nitrogen and oxygen atoms in total. The number of ether oxygens (including phenoxy) is 1. The number of benzene rings is 2. The Morgan fingerprint density at radius 2 is 1.67 bits per heavy atom. The van der Waals surface area contributed by atoms with E-state index in [9.17, 15) is 14.0 Å². The largest absolute Gasteiger partial charge is 0.494 e. The van der Waals surface area contributed by atoms with Crippen LogP contribution in [0.1, 0.15) is 28.8 Å². The van der Waals surface area contributed by atoms with E-state index in [0.717, 1.165) is 11.3 Å². The number of hydrazine groups is 1. The number of carbonyl (C=O) groups is 2. The van der Waals surface area contributed by atoms with Crippen LogP contribution in [0.5, 0.6) is 5.75 Å². The number of nitrogens with one attached hydrogen (secondary N) is 2. The summed E-state index contributed by atoms with van der Waals surface area (Å²) >= 11 is 0. The quantitative estimate of drug-likeness (QED) is 0.632. The first kappa shape index (κ1) is 17.5.